The lowest BCUT2D eigenvalue weighted by Gasteiger charge is -2.44. The Labute approximate surface area is 225 Å². The summed E-state index contributed by atoms with van der Waals surface area (Å²) in [6.45, 7) is 3.89. The number of Topliss-reactive ketones (excluding diaryl/α,β-unsaturated/α-hetero) is 2. The first kappa shape index (κ1) is 26.2. The number of ketones is 2. The number of benzene rings is 2. The van der Waals surface area contributed by atoms with Gasteiger partial charge in [-0.15, -0.1) is 0 Å². The number of rotatable bonds is 9. The molecule has 1 aliphatic heterocycles. The molecule has 2 aliphatic carbocycles. The molecular formula is C32H37NO5. The molecule has 0 bridgehead atoms. The average molecular weight is 516 g/mol. The second kappa shape index (κ2) is 11.6. The SMILES string of the molecule is COCCCN1C2=C(C(=O)CCC2)C(c2ccc(OCc3ccc(C)cc3)c(OC)c2)C2=C1CCCC2=O. The molecule has 5 rings (SSSR count). The van der Waals surface area contributed by atoms with Crippen LogP contribution in [0.15, 0.2) is 65.0 Å². The van der Waals surface area contributed by atoms with Gasteiger partial charge in [0.1, 0.15) is 6.61 Å². The molecule has 0 spiro atoms. The molecule has 6 heteroatoms. The summed E-state index contributed by atoms with van der Waals surface area (Å²) < 4.78 is 17.2. The van der Waals surface area contributed by atoms with Gasteiger partial charge in [-0.2, -0.15) is 0 Å². The van der Waals surface area contributed by atoms with Crippen LogP contribution in [0.4, 0.5) is 0 Å². The normalized spacial score (nSPS) is 18.0. The van der Waals surface area contributed by atoms with Gasteiger partial charge in [0.2, 0.25) is 0 Å². The zero-order chi connectivity index (χ0) is 26.6. The largest absolute Gasteiger partial charge is 0.493 e. The third-order valence-corrected chi connectivity index (χ3v) is 7.85. The predicted octanol–water partition coefficient (Wildman–Crippen LogP) is 6.03. The molecule has 3 aliphatic rings. The highest BCUT2D eigenvalue weighted by atomic mass is 16.5. The topological polar surface area (TPSA) is 65.1 Å². The summed E-state index contributed by atoms with van der Waals surface area (Å²) in [7, 11) is 3.33. The molecule has 200 valence electrons. The lowest BCUT2D eigenvalue weighted by molar-refractivity contribution is -0.117. The number of carbonyl (C=O) groups excluding carboxylic acids is 2. The summed E-state index contributed by atoms with van der Waals surface area (Å²) in [6, 6.07) is 14.1. The Hall–Kier alpha value is -3.38. The Morgan fingerprint density at radius 1 is 0.842 bits per heavy atom. The highest BCUT2D eigenvalue weighted by molar-refractivity contribution is 6.06. The van der Waals surface area contributed by atoms with Gasteiger partial charge in [0.25, 0.3) is 0 Å². The number of ether oxygens (including phenoxy) is 3. The number of carbonyl (C=O) groups is 2. The van der Waals surface area contributed by atoms with E-state index >= 15 is 0 Å². The molecule has 0 saturated heterocycles. The van der Waals surface area contributed by atoms with Crippen LogP contribution in [0.25, 0.3) is 0 Å². The van der Waals surface area contributed by atoms with E-state index in [0.717, 1.165) is 72.3 Å². The number of hydrogen-bond acceptors (Lipinski definition) is 6. The van der Waals surface area contributed by atoms with Gasteiger partial charge in [-0.1, -0.05) is 35.9 Å². The minimum absolute atomic E-state index is 0.150. The van der Waals surface area contributed by atoms with Crippen LogP contribution in [0, 0.1) is 6.92 Å². The van der Waals surface area contributed by atoms with Crippen molar-refractivity contribution in [1.82, 2.24) is 4.90 Å². The van der Waals surface area contributed by atoms with Gasteiger partial charge in [0, 0.05) is 61.6 Å². The van der Waals surface area contributed by atoms with E-state index in [4.69, 9.17) is 14.2 Å². The fraction of sp³-hybridized carbons (Fsp3) is 0.438. The van der Waals surface area contributed by atoms with E-state index in [2.05, 4.69) is 36.1 Å². The maximum absolute atomic E-state index is 13.5. The average Bonchev–Trinajstić information content (AvgIpc) is 2.93. The van der Waals surface area contributed by atoms with Gasteiger partial charge in [-0.25, -0.2) is 0 Å². The second-order valence-electron chi connectivity index (χ2n) is 10.4. The van der Waals surface area contributed by atoms with Crippen LogP contribution in [0.1, 0.15) is 67.6 Å². The molecule has 1 heterocycles. The van der Waals surface area contributed by atoms with Crippen molar-refractivity contribution in [3.05, 3.63) is 81.7 Å². The van der Waals surface area contributed by atoms with E-state index in [0.29, 0.717) is 37.6 Å². The molecule has 0 radical (unpaired) electrons. The Balaban J connectivity index is 1.53. The molecule has 2 aromatic carbocycles. The first-order valence-corrected chi connectivity index (χ1v) is 13.7. The number of aryl methyl sites for hydroxylation is 1. The fourth-order valence-corrected chi connectivity index (χ4v) is 6.02. The predicted molar refractivity (Wildman–Crippen MR) is 146 cm³/mol. The quantitative estimate of drug-likeness (QED) is 0.380. The molecule has 38 heavy (non-hydrogen) atoms. The van der Waals surface area contributed by atoms with Crippen LogP contribution in [0.3, 0.4) is 0 Å². The lowest BCUT2D eigenvalue weighted by Crippen LogP contribution is -2.39. The Kier molecular flexibility index (Phi) is 7.98. The van der Waals surface area contributed by atoms with Crippen molar-refractivity contribution in [3.63, 3.8) is 0 Å². The minimum atomic E-state index is -0.362. The van der Waals surface area contributed by atoms with E-state index in [9.17, 15) is 9.59 Å². The summed E-state index contributed by atoms with van der Waals surface area (Å²) >= 11 is 0. The van der Waals surface area contributed by atoms with Gasteiger partial charge in [-0.3, -0.25) is 9.59 Å². The van der Waals surface area contributed by atoms with Crippen molar-refractivity contribution >= 4 is 11.6 Å². The summed E-state index contributed by atoms with van der Waals surface area (Å²) in [5.41, 5.74) is 6.96. The van der Waals surface area contributed by atoms with E-state index in [1.807, 2.05) is 18.2 Å². The fourth-order valence-electron chi connectivity index (χ4n) is 6.02. The van der Waals surface area contributed by atoms with Crippen molar-refractivity contribution in [2.75, 3.05) is 27.4 Å². The molecule has 6 nitrogen and oxygen atoms in total. The number of nitrogens with zero attached hydrogens (tertiary/aromatic N) is 1. The monoisotopic (exact) mass is 515 g/mol. The molecule has 0 saturated carbocycles. The Morgan fingerprint density at radius 2 is 1.50 bits per heavy atom. The first-order valence-electron chi connectivity index (χ1n) is 13.7. The zero-order valence-electron chi connectivity index (χ0n) is 22.7. The molecule has 2 aromatic rings. The summed E-state index contributed by atoms with van der Waals surface area (Å²) in [5.74, 6) is 1.18. The standard InChI is InChI=1S/C32H37NO5/c1-21-11-13-22(14-12-21)20-38-28-16-15-23(19-29(28)37-3)30-31-24(7-4-9-26(31)34)33(17-6-18-36-2)25-8-5-10-27(35)32(25)30/h11-16,19,30H,4-10,17-18,20H2,1-3H3. The van der Waals surface area contributed by atoms with Gasteiger partial charge in [0.05, 0.1) is 7.11 Å². The van der Waals surface area contributed by atoms with Crippen molar-refractivity contribution in [3.8, 4) is 11.5 Å². The van der Waals surface area contributed by atoms with Gasteiger partial charge in [-0.05, 0) is 62.3 Å². The van der Waals surface area contributed by atoms with E-state index in [1.54, 1.807) is 14.2 Å². The molecule has 0 atom stereocenters. The Bertz CT molecular complexity index is 1230. The van der Waals surface area contributed by atoms with Gasteiger partial charge < -0.3 is 19.1 Å². The molecular weight excluding hydrogens is 478 g/mol. The minimum Gasteiger partial charge on any atom is -0.493 e. The van der Waals surface area contributed by atoms with Crippen LogP contribution in [-0.4, -0.2) is 43.8 Å². The van der Waals surface area contributed by atoms with Gasteiger partial charge >= 0.3 is 0 Å². The lowest BCUT2D eigenvalue weighted by atomic mass is 9.71. The van der Waals surface area contributed by atoms with Crippen LogP contribution in [0.5, 0.6) is 11.5 Å². The Morgan fingerprint density at radius 3 is 2.11 bits per heavy atom. The summed E-state index contributed by atoms with van der Waals surface area (Å²) in [5, 5.41) is 0. The van der Waals surface area contributed by atoms with E-state index < -0.39 is 0 Å². The highest BCUT2D eigenvalue weighted by Gasteiger charge is 2.43. The van der Waals surface area contributed by atoms with Gasteiger partial charge in [0.15, 0.2) is 23.1 Å². The zero-order valence-corrected chi connectivity index (χ0v) is 22.7. The molecule has 0 amide bonds. The van der Waals surface area contributed by atoms with Crippen molar-refractivity contribution in [2.45, 2.75) is 64.4 Å². The molecule has 0 fully saturated rings. The third-order valence-electron chi connectivity index (χ3n) is 7.85. The van der Waals surface area contributed by atoms with Crippen molar-refractivity contribution < 1.29 is 23.8 Å². The smallest absolute Gasteiger partial charge is 0.161 e. The molecule has 0 unspecified atom stereocenters. The van der Waals surface area contributed by atoms with E-state index in [1.165, 1.54) is 5.56 Å². The van der Waals surface area contributed by atoms with Crippen LogP contribution >= 0.6 is 0 Å². The number of hydrogen-bond donors (Lipinski definition) is 0. The number of methoxy groups -OCH3 is 2. The first-order chi connectivity index (χ1) is 18.5. The van der Waals surface area contributed by atoms with Crippen molar-refractivity contribution in [2.24, 2.45) is 0 Å². The van der Waals surface area contributed by atoms with E-state index in [-0.39, 0.29) is 17.5 Å². The summed E-state index contributed by atoms with van der Waals surface area (Å²) in [6.07, 6.45) is 5.28. The highest BCUT2D eigenvalue weighted by Crippen LogP contribution is 2.50. The third kappa shape index (κ3) is 5.14. The summed E-state index contributed by atoms with van der Waals surface area (Å²) in [4.78, 5) is 29.2. The molecule has 0 N–H and O–H groups in total. The maximum Gasteiger partial charge on any atom is 0.161 e. The molecule has 0 aromatic heterocycles. The van der Waals surface area contributed by atoms with Crippen molar-refractivity contribution in [1.29, 1.82) is 0 Å². The number of allylic oxidation sites excluding steroid dienone is 4. The van der Waals surface area contributed by atoms with Crippen LogP contribution in [-0.2, 0) is 20.9 Å². The van der Waals surface area contributed by atoms with Crippen LogP contribution < -0.4 is 9.47 Å². The van der Waals surface area contributed by atoms with Crippen LogP contribution in [0.2, 0.25) is 0 Å². The second-order valence-corrected chi connectivity index (χ2v) is 10.4. The maximum atomic E-state index is 13.5.